The summed E-state index contributed by atoms with van der Waals surface area (Å²) in [5, 5.41) is 3.68. The van der Waals surface area contributed by atoms with E-state index < -0.39 is 0 Å². The molecule has 2 atom stereocenters. The van der Waals surface area contributed by atoms with Crippen LogP contribution in [0.15, 0.2) is 12.7 Å². The predicted molar refractivity (Wildman–Crippen MR) is 71.5 cm³/mol. The summed E-state index contributed by atoms with van der Waals surface area (Å²) in [5.74, 6) is 4.36. The number of nitrogens with one attached hydrogen (secondary N) is 1. The Morgan fingerprint density at radius 3 is 2.67 bits per heavy atom. The normalized spacial score (nSPS) is 22.3. The fourth-order valence-electron chi connectivity index (χ4n) is 1.97. The summed E-state index contributed by atoms with van der Waals surface area (Å²) in [6, 6.07) is 0.623. The van der Waals surface area contributed by atoms with E-state index in [9.17, 15) is 0 Å². The van der Waals surface area contributed by atoms with Crippen molar-refractivity contribution in [2.45, 2.75) is 39.2 Å². The van der Waals surface area contributed by atoms with Crippen LogP contribution in [0.25, 0.3) is 0 Å². The molecule has 88 valence electrons. The van der Waals surface area contributed by atoms with Gasteiger partial charge in [-0.1, -0.05) is 13.0 Å². The molecule has 0 aromatic rings. The summed E-state index contributed by atoms with van der Waals surface area (Å²) < 4.78 is 0. The number of allylic oxidation sites excluding steroid dienone is 1. The SMILES string of the molecule is C=CCC(C)C(C)NCC1CCSCC1. The summed E-state index contributed by atoms with van der Waals surface area (Å²) in [6.07, 6.45) is 5.95. The Balaban J connectivity index is 2.14. The Labute approximate surface area is 99.1 Å². The zero-order valence-corrected chi connectivity index (χ0v) is 11.0. The highest BCUT2D eigenvalue weighted by Gasteiger charge is 2.16. The lowest BCUT2D eigenvalue weighted by molar-refractivity contribution is 0.356. The smallest absolute Gasteiger partial charge is 0.00674 e. The van der Waals surface area contributed by atoms with E-state index in [0.717, 1.165) is 12.3 Å². The van der Waals surface area contributed by atoms with Crippen LogP contribution in [0.4, 0.5) is 0 Å². The molecule has 2 heteroatoms. The van der Waals surface area contributed by atoms with Crippen LogP contribution in [0, 0.1) is 11.8 Å². The van der Waals surface area contributed by atoms with Crippen LogP contribution < -0.4 is 5.32 Å². The maximum atomic E-state index is 3.80. The summed E-state index contributed by atoms with van der Waals surface area (Å²) in [6.45, 7) is 9.61. The van der Waals surface area contributed by atoms with E-state index in [4.69, 9.17) is 0 Å². The van der Waals surface area contributed by atoms with Crippen molar-refractivity contribution in [2.24, 2.45) is 11.8 Å². The van der Waals surface area contributed by atoms with Crippen LogP contribution in [0.1, 0.15) is 33.1 Å². The van der Waals surface area contributed by atoms with Crippen molar-refractivity contribution in [1.82, 2.24) is 5.32 Å². The minimum absolute atomic E-state index is 0.623. The first-order valence-electron chi connectivity index (χ1n) is 6.16. The molecule has 1 heterocycles. The van der Waals surface area contributed by atoms with Crippen molar-refractivity contribution in [3.05, 3.63) is 12.7 Å². The van der Waals surface area contributed by atoms with Crippen molar-refractivity contribution in [1.29, 1.82) is 0 Å². The summed E-state index contributed by atoms with van der Waals surface area (Å²) in [5.41, 5.74) is 0. The Kier molecular flexibility index (Phi) is 6.42. The van der Waals surface area contributed by atoms with Gasteiger partial charge in [0, 0.05) is 6.04 Å². The quantitative estimate of drug-likeness (QED) is 0.699. The van der Waals surface area contributed by atoms with Crippen molar-refractivity contribution in [3.8, 4) is 0 Å². The van der Waals surface area contributed by atoms with Crippen LogP contribution in [0.3, 0.4) is 0 Å². The van der Waals surface area contributed by atoms with E-state index in [-0.39, 0.29) is 0 Å². The summed E-state index contributed by atoms with van der Waals surface area (Å²) >= 11 is 2.11. The van der Waals surface area contributed by atoms with E-state index in [1.54, 1.807) is 0 Å². The lowest BCUT2D eigenvalue weighted by Crippen LogP contribution is -2.36. The standard InChI is InChI=1S/C13H25NS/c1-4-5-11(2)12(3)14-10-13-6-8-15-9-7-13/h4,11-14H,1,5-10H2,2-3H3. The average molecular weight is 227 g/mol. The molecule has 0 aromatic heterocycles. The Hall–Kier alpha value is 0.0500. The minimum Gasteiger partial charge on any atom is -0.314 e. The molecule has 0 aliphatic carbocycles. The zero-order chi connectivity index (χ0) is 11.1. The van der Waals surface area contributed by atoms with E-state index in [0.29, 0.717) is 12.0 Å². The molecule has 1 rings (SSSR count). The van der Waals surface area contributed by atoms with Crippen molar-refractivity contribution < 1.29 is 0 Å². The molecular weight excluding hydrogens is 202 g/mol. The van der Waals surface area contributed by atoms with Crippen LogP contribution in [-0.4, -0.2) is 24.1 Å². The lowest BCUT2D eigenvalue weighted by atomic mass is 9.97. The molecule has 1 fully saturated rings. The van der Waals surface area contributed by atoms with Gasteiger partial charge in [-0.05, 0) is 56.1 Å². The van der Waals surface area contributed by atoms with Crippen molar-refractivity contribution in [3.63, 3.8) is 0 Å². The molecule has 0 saturated carbocycles. The molecule has 0 spiro atoms. The molecule has 0 bridgehead atoms. The lowest BCUT2D eigenvalue weighted by Gasteiger charge is -2.26. The highest BCUT2D eigenvalue weighted by molar-refractivity contribution is 7.99. The van der Waals surface area contributed by atoms with Crippen LogP contribution in [0.2, 0.25) is 0 Å². The maximum absolute atomic E-state index is 3.80. The topological polar surface area (TPSA) is 12.0 Å². The molecule has 1 nitrogen and oxygen atoms in total. The van der Waals surface area contributed by atoms with Crippen molar-refractivity contribution in [2.75, 3.05) is 18.1 Å². The molecule has 1 aliphatic rings. The van der Waals surface area contributed by atoms with Crippen LogP contribution >= 0.6 is 11.8 Å². The van der Waals surface area contributed by atoms with Gasteiger partial charge in [0.2, 0.25) is 0 Å². The summed E-state index contributed by atoms with van der Waals surface area (Å²) in [7, 11) is 0. The number of thioether (sulfide) groups is 1. The van der Waals surface area contributed by atoms with Gasteiger partial charge < -0.3 is 5.32 Å². The second-order valence-corrected chi connectivity index (χ2v) is 5.98. The molecule has 15 heavy (non-hydrogen) atoms. The maximum Gasteiger partial charge on any atom is 0.00674 e. The molecule has 0 aromatic carbocycles. The third kappa shape index (κ3) is 5.07. The second-order valence-electron chi connectivity index (χ2n) is 4.75. The Morgan fingerprint density at radius 2 is 2.07 bits per heavy atom. The molecule has 1 N–H and O–H groups in total. The largest absolute Gasteiger partial charge is 0.314 e. The predicted octanol–water partition coefficient (Wildman–Crippen LogP) is 3.32. The molecule has 1 saturated heterocycles. The Morgan fingerprint density at radius 1 is 1.40 bits per heavy atom. The first-order chi connectivity index (χ1) is 7.24. The van der Waals surface area contributed by atoms with E-state index in [1.807, 2.05) is 6.08 Å². The average Bonchev–Trinajstić information content (AvgIpc) is 2.27. The third-order valence-corrected chi connectivity index (χ3v) is 4.51. The van der Waals surface area contributed by atoms with Gasteiger partial charge in [-0.25, -0.2) is 0 Å². The zero-order valence-electron chi connectivity index (χ0n) is 10.2. The summed E-state index contributed by atoms with van der Waals surface area (Å²) in [4.78, 5) is 0. The monoisotopic (exact) mass is 227 g/mol. The van der Waals surface area contributed by atoms with Gasteiger partial charge in [-0.3, -0.25) is 0 Å². The number of rotatable bonds is 6. The number of hydrogen-bond acceptors (Lipinski definition) is 2. The van der Waals surface area contributed by atoms with Gasteiger partial charge >= 0.3 is 0 Å². The second kappa shape index (κ2) is 7.34. The fraction of sp³-hybridized carbons (Fsp3) is 0.846. The van der Waals surface area contributed by atoms with Crippen LogP contribution in [-0.2, 0) is 0 Å². The highest BCUT2D eigenvalue weighted by Crippen LogP contribution is 2.22. The van der Waals surface area contributed by atoms with E-state index in [2.05, 4.69) is 37.5 Å². The Bertz CT molecular complexity index is 175. The fourth-order valence-corrected chi connectivity index (χ4v) is 3.18. The van der Waals surface area contributed by atoms with Crippen molar-refractivity contribution >= 4 is 11.8 Å². The number of hydrogen-bond donors (Lipinski definition) is 1. The molecular formula is C13H25NS. The van der Waals surface area contributed by atoms with Gasteiger partial charge in [-0.15, -0.1) is 6.58 Å². The van der Waals surface area contributed by atoms with Gasteiger partial charge in [-0.2, -0.15) is 11.8 Å². The molecule has 0 radical (unpaired) electrons. The van der Waals surface area contributed by atoms with E-state index in [1.165, 1.54) is 30.9 Å². The molecule has 1 aliphatic heterocycles. The van der Waals surface area contributed by atoms with Gasteiger partial charge in [0.15, 0.2) is 0 Å². The van der Waals surface area contributed by atoms with E-state index >= 15 is 0 Å². The van der Waals surface area contributed by atoms with Gasteiger partial charge in [0.1, 0.15) is 0 Å². The first-order valence-corrected chi connectivity index (χ1v) is 7.31. The first kappa shape index (κ1) is 13.1. The molecule has 0 amide bonds. The van der Waals surface area contributed by atoms with Crippen LogP contribution in [0.5, 0.6) is 0 Å². The third-order valence-electron chi connectivity index (χ3n) is 3.46. The van der Waals surface area contributed by atoms with Gasteiger partial charge in [0.05, 0.1) is 0 Å². The van der Waals surface area contributed by atoms with Gasteiger partial charge in [0.25, 0.3) is 0 Å². The molecule has 2 unspecified atom stereocenters. The minimum atomic E-state index is 0.623. The highest BCUT2D eigenvalue weighted by atomic mass is 32.2.